The number of benzene rings is 1. The van der Waals surface area contributed by atoms with E-state index in [0.29, 0.717) is 19.0 Å². The molecule has 28 heavy (non-hydrogen) atoms. The summed E-state index contributed by atoms with van der Waals surface area (Å²) in [6, 6.07) is 6.58. The Kier molecular flexibility index (Phi) is 6.66. The highest BCUT2D eigenvalue weighted by Gasteiger charge is 2.38. The van der Waals surface area contributed by atoms with Crippen molar-refractivity contribution in [2.75, 3.05) is 31.1 Å². The molecule has 3 aliphatic rings. The molecule has 1 aromatic rings. The van der Waals surface area contributed by atoms with Crippen LogP contribution in [0.3, 0.4) is 0 Å². The summed E-state index contributed by atoms with van der Waals surface area (Å²) in [5, 5.41) is 3.66. The van der Waals surface area contributed by atoms with Crippen LogP contribution >= 0.6 is 12.4 Å². The Morgan fingerprint density at radius 3 is 2.54 bits per heavy atom. The fourth-order valence-electron chi connectivity index (χ4n) is 4.35. The molecule has 154 valence electrons. The first-order valence-electron chi connectivity index (χ1n) is 10.4. The maximum absolute atomic E-state index is 13.0. The Hall–Kier alpha value is -1.59. The van der Waals surface area contributed by atoms with Crippen LogP contribution in [0.2, 0.25) is 0 Å². The molecule has 2 saturated heterocycles. The molecule has 6 heteroatoms. The van der Waals surface area contributed by atoms with Crippen LogP contribution in [0, 0.1) is 25.7 Å². The first kappa shape index (κ1) is 21.1. The second kappa shape index (κ2) is 8.83. The molecule has 2 amide bonds. The summed E-state index contributed by atoms with van der Waals surface area (Å²) in [5.74, 6) is 0.929. The number of hydrogen-bond donors (Lipinski definition) is 1. The van der Waals surface area contributed by atoms with Crippen molar-refractivity contribution in [1.82, 2.24) is 10.2 Å². The van der Waals surface area contributed by atoms with Crippen molar-refractivity contribution >= 4 is 29.9 Å². The predicted molar refractivity (Wildman–Crippen MR) is 114 cm³/mol. The number of hydrogen-bond acceptors (Lipinski definition) is 3. The van der Waals surface area contributed by atoms with Gasteiger partial charge in [0.25, 0.3) is 0 Å². The van der Waals surface area contributed by atoms with Crippen LogP contribution in [0.4, 0.5) is 5.69 Å². The summed E-state index contributed by atoms with van der Waals surface area (Å²) in [6.45, 7) is 7.39. The van der Waals surface area contributed by atoms with Crippen molar-refractivity contribution in [2.45, 2.75) is 52.0 Å². The van der Waals surface area contributed by atoms with Crippen LogP contribution in [-0.2, 0) is 9.59 Å². The SMILES string of the molecule is Cc1cccc(N2CC(C(=O)N3CCC(NCC4CC4)CC3)CC2=O)c1C.Cl. The Morgan fingerprint density at radius 1 is 1.14 bits per heavy atom. The number of carbonyl (C=O) groups excluding carboxylic acids is 2. The molecule has 1 aliphatic carbocycles. The van der Waals surface area contributed by atoms with E-state index >= 15 is 0 Å². The highest BCUT2D eigenvalue weighted by molar-refractivity contribution is 6.01. The van der Waals surface area contributed by atoms with Gasteiger partial charge in [0, 0.05) is 37.8 Å². The highest BCUT2D eigenvalue weighted by Crippen LogP contribution is 2.31. The van der Waals surface area contributed by atoms with Gasteiger partial charge in [-0.15, -0.1) is 12.4 Å². The molecule has 0 radical (unpaired) electrons. The normalized spacial score (nSPS) is 23.1. The van der Waals surface area contributed by atoms with Gasteiger partial charge in [-0.25, -0.2) is 0 Å². The number of amides is 2. The number of aryl methyl sites for hydroxylation is 1. The number of halogens is 1. The Balaban J connectivity index is 0.00000225. The monoisotopic (exact) mass is 405 g/mol. The maximum atomic E-state index is 13.0. The molecular weight excluding hydrogens is 374 g/mol. The minimum atomic E-state index is -0.201. The van der Waals surface area contributed by atoms with Crippen LogP contribution in [0.1, 0.15) is 43.2 Å². The van der Waals surface area contributed by atoms with Crippen LogP contribution in [-0.4, -0.2) is 48.9 Å². The van der Waals surface area contributed by atoms with Gasteiger partial charge >= 0.3 is 0 Å². The van der Waals surface area contributed by atoms with E-state index in [2.05, 4.69) is 18.3 Å². The number of carbonyl (C=O) groups is 2. The highest BCUT2D eigenvalue weighted by atomic mass is 35.5. The Labute approximate surface area is 174 Å². The Morgan fingerprint density at radius 2 is 1.86 bits per heavy atom. The van der Waals surface area contributed by atoms with E-state index < -0.39 is 0 Å². The van der Waals surface area contributed by atoms with Crippen molar-refractivity contribution in [2.24, 2.45) is 11.8 Å². The van der Waals surface area contributed by atoms with Crippen molar-refractivity contribution < 1.29 is 9.59 Å². The van der Waals surface area contributed by atoms with Gasteiger partial charge in [-0.3, -0.25) is 9.59 Å². The third kappa shape index (κ3) is 4.52. The molecular formula is C22H32ClN3O2. The summed E-state index contributed by atoms with van der Waals surface area (Å²) in [6.07, 6.45) is 5.14. The van der Waals surface area contributed by atoms with E-state index in [1.165, 1.54) is 18.4 Å². The summed E-state index contributed by atoms with van der Waals surface area (Å²) < 4.78 is 0. The molecule has 1 unspecified atom stereocenters. The molecule has 0 aromatic heterocycles. The lowest BCUT2D eigenvalue weighted by Crippen LogP contribution is -2.47. The zero-order valence-electron chi connectivity index (χ0n) is 16.9. The average Bonchev–Trinajstić information content (AvgIpc) is 3.43. The maximum Gasteiger partial charge on any atom is 0.228 e. The van der Waals surface area contributed by atoms with E-state index in [0.717, 1.165) is 49.6 Å². The van der Waals surface area contributed by atoms with E-state index in [-0.39, 0.29) is 30.1 Å². The second-order valence-electron chi connectivity index (χ2n) is 8.58. The van der Waals surface area contributed by atoms with E-state index in [1.54, 1.807) is 0 Å². The van der Waals surface area contributed by atoms with Crippen molar-refractivity contribution in [3.63, 3.8) is 0 Å². The molecule has 3 fully saturated rings. The number of nitrogens with zero attached hydrogens (tertiary/aromatic N) is 2. The molecule has 1 aromatic carbocycles. The first-order valence-corrected chi connectivity index (χ1v) is 10.4. The van der Waals surface area contributed by atoms with Gasteiger partial charge in [0.15, 0.2) is 0 Å². The molecule has 2 heterocycles. The number of anilines is 1. The third-order valence-electron chi connectivity index (χ3n) is 6.54. The van der Waals surface area contributed by atoms with Gasteiger partial charge < -0.3 is 15.1 Å². The molecule has 5 nitrogen and oxygen atoms in total. The summed E-state index contributed by atoms with van der Waals surface area (Å²) in [5.41, 5.74) is 3.26. The standard InChI is InChI=1S/C22H31N3O2.ClH/c1-15-4-3-5-20(16(15)2)25-14-18(12-21(25)26)22(27)24-10-8-19(9-11-24)23-13-17-6-7-17;/h3-5,17-19,23H,6-14H2,1-2H3;1H. The number of likely N-dealkylation sites (tertiary alicyclic amines) is 1. The second-order valence-corrected chi connectivity index (χ2v) is 8.58. The lowest BCUT2D eigenvalue weighted by molar-refractivity contribution is -0.136. The third-order valence-corrected chi connectivity index (χ3v) is 6.54. The summed E-state index contributed by atoms with van der Waals surface area (Å²) in [7, 11) is 0. The minimum absolute atomic E-state index is 0. The molecule has 1 atom stereocenters. The van der Waals surface area contributed by atoms with Crippen molar-refractivity contribution in [3.8, 4) is 0 Å². The topological polar surface area (TPSA) is 52.7 Å². The van der Waals surface area contributed by atoms with Crippen LogP contribution < -0.4 is 10.2 Å². The van der Waals surface area contributed by atoms with Gasteiger partial charge in [-0.05, 0) is 69.2 Å². The smallest absolute Gasteiger partial charge is 0.228 e. The van der Waals surface area contributed by atoms with Gasteiger partial charge in [0.05, 0.1) is 5.92 Å². The van der Waals surface area contributed by atoms with E-state index in [4.69, 9.17) is 0 Å². The molecule has 1 saturated carbocycles. The number of piperidine rings is 1. The Bertz CT molecular complexity index is 726. The summed E-state index contributed by atoms with van der Waals surface area (Å²) >= 11 is 0. The zero-order valence-corrected chi connectivity index (χ0v) is 17.8. The number of rotatable bonds is 5. The van der Waals surface area contributed by atoms with Gasteiger partial charge in [0.1, 0.15) is 0 Å². The molecule has 1 N–H and O–H groups in total. The molecule has 2 aliphatic heterocycles. The lowest BCUT2D eigenvalue weighted by Gasteiger charge is -2.34. The quantitative estimate of drug-likeness (QED) is 0.819. The van der Waals surface area contributed by atoms with E-state index in [9.17, 15) is 9.59 Å². The predicted octanol–water partition coefficient (Wildman–Crippen LogP) is 3.07. The van der Waals surface area contributed by atoms with Crippen LogP contribution in [0.15, 0.2) is 18.2 Å². The van der Waals surface area contributed by atoms with Crippen LogP contribution in [0.5, 0.6) is 0 Å². The molecule has 0 bridgehead atoms. The lowest BCUT2D eigenvalue weighted by atomic mass is 10.0. The number of nitrogens with one attached hydrogen (secondary N) is 1. The first-order chi connectivity index (χ1) is 13.0. The zero-order chi connectivity index (χ0) is 19.0. The average molecular weight is 406 g/mol. The largest absolute Gasteiger partial charge is 0.342 e. The van der Waals surface area contributed by atoms with E-state index in [1.807, 2.05) is 28.9 Å². The van der Waals surface area contributed by atoms with Crippen molar-refractivity contribution in [3.05, 3.63) is 29.3 Å². The molecule has 0 spiro atoms. The van der Waals surface area contributed by atoms with Gasteiger partial charge in [-0.2, -0.15) is 0 Å². The minimum Gasteiger partial charge on any atom is -0.342 e. The van der Waals surface area contributed by atoms with Gasteiger partial charge in [-0.1, -0.05) is 12.1 Å². The van der Waals surface area contributed by atoms with Crippen LogP contribution in [0.25, 0.3) is 0 Å². The van der Waals surface area contributed by atoms with Gasteiger partial charge in [0.2, 0.25) is 11.8 Å². The fraction of sp³-hybridized carbons (Fsp3) is 0.636. The van der Waals surface area contributed by atoms with Crippen molar-refractivity contribution in [1.29, 1.82) is 0 Å². The fourth-order valence-corrected chi connectivity index (χ4v) is 4.35. The summed E-state index contributed by atoms with van der Waals surface area (Å²) in [4.78, 5) is 29.4. The molecule has 4 rings (SSSR count).